The lowest BCUT2D eigenvalue weighted by Crippen LogP contribution is -2.45. The number of hydrogen-bond acceptors (Lipinski definition) is 15. The average molecular weight is 659 g/mol. The second-order valence-electron chi connectivity index (χ2n) is 10.7. The Morgan fingerprint density at radius 3 is 1.51 bits per heavy atom. The zero-order valence-corrected chi connectivity index (χ0v) is 25.6. The number of carbonyl (C=O) groups excluding carboxylic acids is 3. The third-order valence-electron chi connectivity index (χ3n) is 6.87. The van der Waals surface area contributed by atoms with Crippen LogP contribution >= 0.6 is 0 Å². The van der Waals surface area contributed by atoms with Crippen molar-refractivity contribution in [3.63, 3.8) is 0 Å². The Kier molecular flexibility index (Phi) is 25.1. The van der Waals surface area contributed by atoms with E-state index in [0.717, 1.165) is 0 Å². The lowest BCUT2D eigenvalue weighted by atomic mass is 10.1. The zero-order valence-electron chi connectivity index (χ0n) is 25.6. The highest BCUT2D eigenvalue weighted by Crippen LogP contribution is 2.11. The van der Waals surface area contributed by atoms with Gasteiger partial charge in [0.15, 0.2) is 12.6 Å². The molecule has 12 N–H and O–H groups in total. The van der Waals surface area contributed by atoms with E-state index in [9.17, 15) is 55.2 Å². The van der Waals surface area contributed by atoms with Gasteiger partial charge < -0.3 is 76.0 Å². The SMILES string of the molecule is O=C[C@@H](CCCCNC(=O)CCCCOC(O)C(O)C(O)C(O)CCO)NC(=O)CCCCOC(O)C(O)C(O)C(O)CCO. The van der Waals surface area contributed by atoms with Crippen LogP contribution in [0.3, 0.4) is 0 Å². The molecule has 45 heavy (non-hydrogen) atoms. The number of hydrogen-bond donors (Lipinski definition) is 12. The van der Waals surface area contributed by atoms with Crippen LogP contribution in [-0.4, -0.2) is 157 Å². The average Bonchev–Trinajstić information content (AvgIpc) is 3.01. The molecule has 8 unspecified atom stereocenters. The minimum atomic E-state index is -1.78. The van der Waals surface area contributed by atoms with Crippen molar-refractivity contribution < 1.29 is 74.9 Å². The Morgan fingerprint density at radius 1 is 0.600 bits per heavy atom. The molecule has 0 spiro atoms. The highest BCUT2D eigenvalue weighted by molar-refractivity contribution is 5.79. The van der Waals surface area contributed by atoms with Crippen molar-refractivity contribution in [1.29, 1.82) is 0 Å². The molecule has 0 fully saturated rings. The molecule has 17 nitrogen and oxygen atoms in total. The van der Waals surface area contributed by atoms with Gasteiger partial charge in [-0.1, -0.05) is 0 Å². The molecule has 0 rings (SSSR count). The summed E-state index contributed by atoms with van der Waals surface area (Å²) in [6, 6.07) is -0.693. The van der Waals surface area contributed by atoms with E-state index in [2.05, 4.69) is 10.6 Å². The molecule has 0 aromatic carbocycles. The molecule has 2 amide bonds. The van der Waals surface area contributed by atoms with Crippen LogP contribution < -0.4 is 10.6 Å². The Hall–Kier alpha value is -1.87. The standard InChI is InChI=1S/C28H54N2O15/c31-13-10-19(34)23(38)25(40)27(42)44-15-5-2-8-21(36)29-12-4-1-7-18(17-33)30-22(37)9-3-6-16-45-28(43)26(41)24(39)20(35)11-14-32/h17-20,23-28,31-32,34-35,38-43H,1-16H2,(H,29,36)(H,30,37)/t18-,19?,20?,23?,24?,25?,26?,27?,28?/m1/s1. The van der Waals surface area contributed by atoms with Crippen molar-refractivity contribution in [2.75, 3.05) is 33.0 Å². The summed E-state index contributed by atoms with van der Waals surface area (Å²) in [7, 11) is 0. The summed E-state index contributed by atoms with van der Waals surface area (Å²) in [5, 5.41) is 100. The minimum absolute atomic E-state index is 0.00229. The summed E-state index contributed by atoms with van der Waals surface area (Å²) >= 11 is 0. The van der Waals surface area contributed by atoms with Gasteiger partial charge in [-0.25, -0.2) is 0 Å². The van der Waals surface area contributed by atoms with Gasteiger partial charge in [-0.2, -0.15) is 0 Å². The number of rotatable bonds is 29. The molecule has 0 aromatic rings. The van der Waals surface area contributed by atoms with Gasteiger partial charge >= 0.3 is 0 Å². The predicted molar refractivity (Wildman–Crippen MR) is 156 cm³/mol. The summed E-state index contributed by atoms with van der Waals surface area (Å²) < 4.78 is 10.0. The van der Waals surface area contributed by atoms with Gasteiger partial charge in [0.2, 0.25) is 11.8 Å². The molecule has 0 aliphatic rings. The van der Waals surface area contributed by atoms with Crippen molar-refractivity contribution >= 4 is 18.1 Å². The summed E-state index contributed by atoms with van der Waals surface area (Å²) in [5.41, 5.74) is 0. The number of aldehydes is 1. The van der Waals surface area contributed by atoms with Crippen molar-refractivity contribution in [2.45, 2.75) is 126 Å². The first-order valence-corrected chi connectivity index (χ1v) is 15.3. The van der Waals surface area contributed by atoms with Crippen LogP contribution in [0.25, 0.3) is 0 Å². The van der Waals surface area contributed by atoms with Crippen LogP contribution in [0, 0.1) is 0 Å². The number of unbranched alkanes of at least 4 members (excludes halogenated alkanes) is 3. The first kappa shape index (κ1) is 43.1. The molecule has 0 aliphatic carbocycles. The van der Waals surface area contributed by atoms with Crippen LogP contribution in [0.2, 0.25) is 0 Å². The maximum Gasteiger partial charge on any atom is 0.220 e. The topological polar surface area (TPSA) is 296 Å². The van der Waals surface area contributed by atoms with E-state index in [-0.39, 0.29) is 50.7 Å². The van der Waals surface area contributed by atoms with Crippen molar-refractivity contribution in [3.8, 4) is 0 Å². The van der Waals surface area contributed by atoms with Crippen molar-refractivity contribution in [1.82, 2.24) is 10.6 Å². The smallest absolute Gasteiger partial charge is 0.220 e. The lowest BCUT2D eigenvalue weighted by Gasteiger charge is -2.26. The van der Waals surface area contributed by atoms with E-state index in [0.29, 0.717) is 57.8 Å². The third kappa shape index (κ3) is 20.1. The fourth-order valence-electron chi connectivity index (χ4n) is 4.04. The highest BCUT2D eigenvalue weighted by Gasteiger charge is 2.31. The van der Waals surface area contributed by atoms with E-state index in [4.69, 9.17) is 19.7 Å². The maximum absolute atomic E-state index is 12.1. The number of nitrogens with one attached hydrogen (secondary N) is 2. The van der Waals surface area contributed by atoms with Crippen LogP contribution in [0.4, 0.5) is 0 Å². The van der Waals surface area contributed by atoms with E-state index < -0.39 is 68.5 Å². The highest BCUT2D eigenvalue weighted by atomic mass is 16.6. The molecule has 0 saturated carbocycles. The third-order valence-corrected chi connectivity index (χ3v) is 6.87. The molecule has 0 heterocycles. The normalized spacial score (nSPS) is 17.7. The summed E-state index contributed by atoms with van der Waals surface area (Å²) in [5.74, 6) is -0.565. The van der Waals surface area contributed by atoms with Crippen LogP contribution in [-0.2, 0) is 23.9 Å². The first-order valence-electron chi connectivity index (χ1n) is 15.3. The van der Waals surface area contributed by atoms with Crippen molar-refractivity contribution in [3.05, 3.63) is 0 Å². The molecular weight excluding hydrogens is 604 g/mol. The molecule has 0 radical (unpaired) electrons. The largest absolute Gasteiger partial charge is 0.396 e. The molecular formula is C28H54N2O15. The summed E-state index contributed by atoms with van der Waals surface area (Å²) in [6.07, 6.45) is -9.79. The van der Waals surface area contributed by atoms with Gasteiger partial charge in [0, 0.05) is 45.8 Å². The number of amides is 2. The van der Waals surface area contributed by atoms with Crippen molar-refractivity contribution in [2.24, 2.45) is 0 Å². The molecule has 0 aliphatic heterocycles. The van der Waals surface area contributed by atoms with Gasteiger partial charge in [0.1, 0.15) is 30.7 Å². The monoisotopic (exact) mass is 658 g/mol. The molecule has 0 saturated heterocycles. The second-order valence-corrected chi connectivity index (χ2v) is 10.7. The quantitative estimate of drug-likeness (QED) is 0.0207. The molecule has 0 aromatic heterocycles. The fourth-order valence-corrected chi connectivity index (χ4v) is 4.04. The first-order chi connectivity index (χ1) is 21.4. The number of aliphatic hydroxyl groups excluding tert-OH is 10. The minimum Gasteiger partial charge on any atom is -0.396 e. The van der Waals surface area contributed by atoms with Crippen LogP contribution in [0.15, 0.2) is 0 Å². The molecule has 0 bridgehead atoms. The Morgan fingerprint density at radius 2 is 1.07 bits per heavy atom. The van der Waals surface area contributed by atoms with E-state index in [1.165, 1.54) is 0 Å². The number of carbonyl (C=O) groups is 3. The van der Waals surface area contributed by atoms with Gasteiger partial charge in [0.05, 0.1) is 18.2 Å². The van der Waals surface area contributed by atoms with Gasteiger partial charge in [0.25, 0.3) is 0 Å². The van der Waals surface area contributed by atoms with E-state index in [1.54, 1.807) is 0 Å². The van der Waals surface area contributed by atoms with Crippen LogP contribution in [0.1, 0.15) is 70.6 Å². The van der Waals surface area contributed by atoms with E-state index >= 15 is 0 Å². The Bertz CT molecular complexity index is 780. The molecule has 17 heteroatoms. The molecule has 9 atom stereocenters. The Labute approximate surface area is 262 Å². The zero-order chi connectivity index (χ0) is 34.2. The molecule has 266 valence electrons. The number of aliphatic hydroxyl groups is 10. The van der Waals surface area contributed by atoms with Crippen LogP contribution in [0.5, 0.6) is 0 Å². The van der Waals surface area contributed by atoms with Gasteiger partial charge in [-0.05, 0) is 57.8 Å². The lowest BCUT2D eigenvalue weighted by molar-refractivity contribution is -0.203. The summed E-state index contributed by atoms with van der Waals surface area (Å²) in [6.45, 7) is -0.489. The predicted octanol–water partition coefficient (Wildman–Crippen LogP) is -4.10. The van der Waals surface area contributed by atoms with E-state index in [1.807, 2.05) is 0 Å². The van der Waals surface area contributed by atoms with Gasteiger partial charge in [-0.15, -0.1) is 0 Å². The van der Waals surface area contributed by atoms with Gasteiger partial charge in [-0.3, -0.25) is 9.59 Å². The number of ether oxygens (including phenoxy) is 2. The Balaban J connectivity index is 3.95. The maximum atomic E-state index is 12.1. The summed E-state index contributed by atoms with van der Waals surface area (Å²) in [4.78, 5) is 35.4. The second kappa shape index (κ2) is 26.2. The fraction of sp³-hybridized carbons (Fsp3) is 0.893.